The van der Waals surface area contributed by atoms with Gasteiger partial charge < -0.3 is 14.4 Å². The molecule has 0 aliphatic heterocycles. The number of aryl methyl sites for hydroxylation is 1. The lowest BCUT2D eigenvalue weighted by Gasteiger charge is -2.06. The molecule has 0 saturated heterocycles. The van der Waals surface area contributed by atoms with Gasteiger partial charge in [-0.05, 0) is 25.5 Å². The molecular formula is C14H19NO2. The first kappa shape index (κ1) is 12.0. The standard InChI is InChI=1S/C14H19NO2/c1-4-15-9-11(8-10(2)16)12-6-5-7-13(17-3)14(12)15/h5-7,9-10,16H,4,8H2,1-3H3. The predicted octanol–water partition coefficient (Wildman–Crippen LogP) is 2.59. The molecule has 1 aromatic heterocycles. The summed E-state index contributed by atoms with van der Waals surface area (Å²) in [5, 5.41) is 10.7. The summed E-state index contributed by atoms with van der Waals surface area (Å²) in [6.07, 6.45) is 2.47. The molecule has 0 saturated carbocycles. The first-order valence-corrected chi connectivity index (χ1v) is 6.00. The van der Waals surface area contributed by atoms with Crippen molar-refractivity contribution in [2.75, 3.05) is 7.11 Å². The molecule has 17 heavy (non-hydrogen) atoms. The van der Waals surface area contributed by atoms with Crippen molar-refractivity contribution in [3.8, 4) is 5.75 Å². The molecule has 0 aliphatic carbocycles. The van der Waals surface area contributed by atoms with Gasteiger partial charge in [0.15, 0.2) is 0 Å². The lowest BCUT2D eigenvalue weighted by molar-refractivity contribution is 0.196. The topological polar surface area (TPSA) is 34.4 Å². The molecule has 0 radical (unpaired) electrons. The van der Waals surface area contributed by atoms with Crippen LogP contribution in [0.3, 0.4) is 0 Å². The quantitative estimate of drug-likeness (QED) is 0.880. The Bertz CT molecular complexity index is 514. The van der Waals surface area contributed by atoms with Gasteiger partial charge in [0.1, 0.15) is 5.75 Å². The van der Waals surface area contributed by atoms with Crippen LogP contribution in [-0.4, -0.2) is 22.9 Å². The molecular weight excluding hydrogens is 214 g/mol. The lowest BCUT2D eigenvalue weighted by Crippen LogP contribution is -2.03. The van der Waals surface area contributed by atoms with Crippen molar-refractivity contribution < 1.29 is 9.84 Å². The zero-order valence-corrected chi connectivity index (χ0v) is 10.6. The number of aliphatic hydroxyl groups excluding tert-OH is 1. The first-order valence-electron chi connectivity index (χ1n) is 6.00. The van der Waals surface area contributed by atoms with Crippen molar-refractivity contribution in [2.24, 2.45) is 0 Å². The summed E-state index contributed by atoms with van der Waals surface area (Å²) in [5.74, 6) is 0.890. The molecule has 0 amide bonds. The van der Waals surface area contributed by atoms with E-state index in [0.717, 1.165) is 17.8 Å². The Morgan fingerprint density at radius 1 is 1.41 bits per heavy atom. The molecule has 0 bridgehead atoms. The maximum absolute atomic E-state index is 9.53. The van der Waals surface area contributed by atoms with Crippen molar-refractivity contribution in [3.05, 3.63) is 30.0 Å². The molecule has 92 valence electrons. The summed E-state index contributed by atoms with van der Waals surface area (Å²) in [6, 6.07) is 6.05. The van der Waals surface area contributed by atoms with Crippen molar-refractivity contribution in [1.82, 2.24) is 4.57 Å². The largest absolute Gasteiger partial charge is 0.495 e. The number of aromatic nitrogens is 1. The highest BCUT2D eigenvalue weighted by Crippen LogP contribution is 2.30. The van der Waals surface area contributed by atoms with E-state index in [1.807, 2.05) is 19.1 Å². The molecule has 1 unspecified atom stereocenters. The van der Waals surface area contributed by atoms with Crippen LogP contribution in [0.25, 0.3) is 10.9 Å². The van der Waals surface area contributed by atoms with E-state index in [2.05, 4.69) is 23.8 Å². The van der Waals surface area contributed by atoms with Gasteiger partial charge >= 0.3 is 0 Å². The third-order valence-corrected chi connectivity index (χ3v) is 3.02. The van der Waals surface area contributed by atoms with Crippen LogP contribution < -0.4 is 4.74 Å². The fourth-order valence-corrected chi connectivity index (χ4v) is 2.29. The molecule has 1 atom stereocenters. The number of hydrogen-bond donors (Lipinski definition) is 1. The second kappa shape index (κ2) is 4.80. The normalized spacial score (nSPS) is 12.9. The highest BCUT2D eigenvalue weighted by atomic mass is 16.5. The molecule has 0 aliphatic rings. The Hall–Kier alpha value is -1.48. The summed E-state index contributed by atoms with van der Waals surface area (Å²) in [4.78, 5) is 0. The van der Waals surface area contributed by atoms with Crippen LogP contribution in [0, 0.1) is 0 Å². The Morgan fingerprint density at radius 3 is 2.76 bits per heavy atom. The molecule has 0 spiro atoms. The van der Waals surface area contributed by atoms with E-state index in [4.69, 9.17) is 4.74 Å². The number of fused-ring (bicyclic) bond motifs is 1. The van der Waals surface area contributed by atoms with Crippen molar-refractivity contribution in [2.45, 2.75) is 32.9 Å². The molecule has 1 N–H and O–H groups in total. The van der Waals surface area contributed by atoms with Gasteiger partial charge in [0.25, 0.3) is 0 Å². The third-order valence-electron chi connectivity index (χ3n) is 3.02. The van der Waals surface area contributed by atoms with Crippen molar-refractivity contribution in [1.29, 1.82) is 0 Å². The molecule has 3 nitrogen and oxygen atoms in total. The Balaban J connectivity index is 2.63. The number of para-hydroxylation sites is 1. The number of benzene rings is 1. The monoisotopic (exact) mass is 233 g/mol. The molecule has 3 heteroatoms. The van der Waals surface area contributed by atoms with Gasteiger partial charge in [-0.2, -0.15) is 0 Å². The van der Waals surface area contributed by atoms with Crippen LogP contribution in [0.2, 0.25) is 0 Å². The summed E-state index contributed by atoms with van der Waals surface area (Å²) in [5.41, 5.74) is 2.30. The maximum atomic E-state index is 9.53. The van der Waals surface area contributed by atoms with Gasteiger partial charge in [0, 0.05) is 24.5 Å². The minimum atomic E-state index is -0.322. The Morgan fingerprint density at radius 2 is 2.18 bits per heavy atom. The second-order valence-electron chi connectivity index (χ2n) is 4.35. The molecule has 2 aromatic rings. The number of ether oxygens (including phenoxy) is 1. The van der Waals surface area contributed by atoms with Gasteiger partial charge in [0.2, 0.25) is 0 Å². The van der Waals surface area contributed by atoms with Crippen LogP contribution in [0.1, 0.15) is 19.4 Å². The predicted molar refractivity (Wildman–Crippen MR) is 69.5 cm³/mol. The Labute approximate surface area is 102 Å². The second-order valence-corrected chi connectivity index (χ2v) is 4.35. The van der Waals surface area contributed by atoms with Gasteiger partial charge in [-0.1, -0.05) is 12.1 Å². The maximum Gasteiger partial charge on any atom is 0.143 e. The van der Waals surface area contributed by atoms with E-state index in [-0.39, 0.29) is 6.10 Å². The minimum absolute atomic E-state index is 0.322. The van der Waals surface area contributed by atoms with Gasteiger partial charge in [-0.25, -0.2) is 0 Å². The van der Waals surface area contributed by atoms with E-state index in [0.29, 0.717) is 6.42 Å². The fourth-order valence-electron chi connectivity index (χ4n) is 2.29. The van der Waals surface area contributed by atoms with Gasteiger partial charge in [-0.15, -0.1) is 0 Å². The molecule has 1 heterocycles. The summed E-state index contributed by atoms with van der Waals surface area (Å²) >= 11 is 0. The van der Waals surface area contributed by atoms with E-state index in [9.17, 15) is 5.11 Å². The van der Waals surface area contributed by atoms with E-state index in [1.54, 1.807) is 7.11 Å². The van der Waals surface area contributed by atoms with Gasteiger partial charge in [0.05, 0.1) is 18.7 Å². The van der Waals surface area contributed by atoms with Crippen LogP contribution in [-0.2, 0) is 13.0 Å². The number of hydrogen-bond acceptors (Lipinski definition) is 2. The minimum Gasteiger partial charge on any atom is -0.495 e. The van der Waals surface area contributed by atoms with Crippen molar-refractivity contribution >= 4 is 10.9 Å². The fraction of sp³-hybridized carbons (Fsp3) is 0.429. The summed E-state index contributed by atoms with van der Waals surface area (Å²) in [7, 11) is 1.69. The van der Waals surface area contributed by atoms with Gasteiger partial charge in [-0.3, -0.25) is 0 Å². The molecule has 0 fully saturated rings. The smallest absolute Gasteiger partial charge is 0.143 e. The van der Waals surface area contributed by atoms with E-state index in [1.165, 1.54) is 10.9 Å². The highest BCUT2D eigenvalue weighted by Gasteiger charge is 2.12. The molecule has 2 rings (SSSR count). The number of methoxy groups -OCH3 is 1. The number of rotatable bonds is 4. The van der Waals surface area contributed by atoms with Crippen LogP contribution >= 0.6 is 0 Å². The Kier molecular flexibility index (Phi) is 3.38. The van der Waals surface area contributed by atoms with Crippen LogP contribution in [0.5, 0.6) is 5.75 Å². The number of aliphatic hydroxyl groups is 1. The third kappa shape index (κ3) is 2.15. The van der Waals surface area contributed by atoms with Crippen LogP contribution in [0.4, 0.5) is 0 Å². The zero-order chi connectivity index (χ0) is 12.4. The number of nitrogens with zero attached hydrogens (tertiary/aromatic N) is 1. The summed E-state index contributed by atoms with van der Waals surface area (Å²) < 4.78 is 7.58. The van der Waals surface area contributed by atoms with Crippen LogP contribution in [0.15, 0.2) is 24.4 Å². The average Bonchev–Trinajstić information content (AvgIpc) is 2.67. The van der Waals surface area contributed by atoms with E-state index < -0.39 is 0 Å². The first-order chi connectivity index (χ1) is 8.17. The molecule has 1 aromatic carbocycles. The lowest BCUT2D eigenvalue weighted by atomic mass is 10.1. The zero-order valence-electron chi connectivity index (χ0n) is 10.6. The van der Waals surface area contributed by atoms with E-state index >= 15 is 0 Å². The van der Waals surface area contributed by atoms with Crippen molar-refractivity contribution in [3.63, 3.8) is 0 Å². The average molecular weight is 233 g/mol. The summed E-state index contributed by atoms with van der Waals surface area (Å²) in [6.45, 7) is 4.82. The SMILES string of the molecule is CCn1cc(CC(C)O)c2cccc(OC)c21. The highest BCUT2D eigenvalue weighted by molar-refractivity contribution is 5.89.